The van der Waals surface area contributed by atoms with Crippen LogP contribution in [0.4, 0.5) is 8.78 Å². The van der Waals surface area contributed by atoms with Gasteiger partial charge in [0.25, 0.3) is 0 Å². The largest absolute Gasteiger partial charge is 0.478 e. The van der Waals surface area contributed by atoms with Crippen LogP contribution < -0.4 is 10.1 Å². The summed E-state index contributed by atoms with van der Waals surface area (Å²) in [6, 6.07) is 10.8. The Hall–Kier alpha value is -2.96. The maximum Gasteiger partial charge on any atom is 0.387 e. The summed E-state index contributed by atoms with van der Waals surface area (Å²) in [6.07, 6.45) is 2.38. The number of aromatic carboxylic acids is 1. The predicted octanol–water partition coefficient (Wildman–Crippen LogP) is 3.72. The van der Waals surface area contributed by atoms with E-state index in [1.54, 1.807) is 24.3 Å². The second-order valence-corrected chi connectivity index (χ2v) is 6.43. The van der Waals surface area contributed by atoms with Crippen LogP contribution >= 0.6 is 0 Å². The Kier molecular flexibility index (Phi) is 5.69. The molecule has 1 amide bonds. The molecule has 2 N–H and O–H groups in total. The highest BCUT2D eigenvalue weighted by Crippen LogP contribution is 2.32. The second kappa shape index (κ2) is 8.16. The van der Waals surface area contributed by atoms with Crippen molar-refractivity contribution in [3.05, 3.63) is 64.7 Å². The van der Waals surface area contributed by atoms with Gasteiger partial charge >= 0.3 is 12.6 Å². The van der Waals surface area contributed by atoms with E-state index in [2.05, 4.69) is 10.1 Å². The standard InChI is InChI=1S/C20H19F2NO4/c21-20(22)27-15-7-8-16-13(11-15)4-2-6-17(16)23-18(24)10-12-3-1-5-14(9-12)19(25)26/h1,3,5,7-9,11,17,20H,2,4,6,10H2,(H,23,24)(H,25,26). The lowest BCUT2D eigenvalue weighted by atomic mass is 9.87. The molecule has 2 aromatic rings. The number of fused-ring (bicyclic) bond motifs is 1. The Morgan fingerprint density at radius 3 is 2.78 bits per heavy atom. The van der Waals surface area contributed by atoms with Gasteiger partial charge in [0.2, 0.25) is 5.91 Å². The predicted molar refractivity (Wildman–Crippen MR) is 94.0 cm³/mol. The molecule has 0 aliphatic heterocycles. The van der Waals surface area contributed by atoms with Crippen LogP contribution in [0, 0.1) is 0 Å². The maximum absolute atomic E-state index is 12.4. The molecular weight excluding hydrogens is 356 g/mol. The molecule has 1 aliphatic rings. The minimum Gasteiger partial charge on any atom is -0.478 e. The van der Waals surface area contributed by atoms with Crippen molar-refractivity contribution >= 4 is 11.9 Å². The van der Waals surface area contributed by atoms with E-state index in [1.807, 2.05) is 0 Å². The summed E-state index contributed by atoms with van der Waals surface area (Å²) in [6.45, 7) is -2.87. The van der Waals surface area contributed by atoms with Crippen molar-refractivity contribution in [1.82, 2.24) is 5.32 Å². The molecule has 0 saturated carbocycles. The molecule has 3 rings (SSSR count). The lowest BCUT2D eigenvalue weighted by Gasteiger charge is -2.27. The molecule has 1 atom stereocenters. The fourth-order valence-electron chi connectivity index (χ4n) is 3.36. The molecule has 0 heterocycles. The van der Waals surface area contributed by atoms with Gasteiger partial charge in [0.05, 0.1) is 18.0 Å². The Bertz CT molecular complexity index is 854. The average molecular weight is 375 g/mol. The zero-order valence-electron chi connectivity index (χ0n) is 14.5. The first-order valence-electron chi connectivity index (χ1n) is 8.61. The van der Waals surface area contributed by atoms with Gasteiger partial charge in [-0.15, -0.1) is 0 Å². The number of halogens is 2. The van der Waals surface area contributed by atoms with Crippen molar-refractivity contribution in [1.29, 1.82) is 0 Å². The van der Waals surface area contributed by atoms with Crippen LogP contribution in [-0.4, -0.2) is 23.6 Å². The highest BCUT2D eigenvalue weighted by atomic mass is 19.3. The van der Waals surface area contributed by atoms with E-state index in [0.717, 1.165) is 30.4 Å². The zero-order chi connectivity index (χ0) is 19.4. The summed E-state index contributed by atoms with van der Waals surface area (Å²) in [5.74, 6) is -1.15. The summed E-state index contributed by atoms with van der Waals surface area (Å²) >= 11 is 0. The minimum atomic E-state index is -2.87. The third-order valence-corrected chi connectivity index (χ3v) is 4.53. The highest BCUT2D eigenvalue weighted by Gasteiger charge is 2.23. The topological polar surface area (TPSA) is 75.6 Å². The van der Waals surface area contributed by atoms with E-state index < -0.39 is 12.6 Å². The van der Waals surface area contributed by atoms with Crippen LogP contribution in [0.3, 0.4) is 0 Å². The average Bonchev–Trinajstić information content (AvgIpc) is 2.61. The molecular formula is C20H19F2NO4. The van der Waals surface area contributed by atoms with Crippen molar-refractivity contribution in [3.8, 4) is 5.75 Å². The number of carbonyl (C=O) groups is 2. The second-order valence-electron chi connectivity index (χ2n) is 6.43. The van der Waals surface area contributed by atoms with Gasteiger partial charge in [-0.05, 0) is 60.2 Å². The summed E-state index contributed by atoms with van der Waals surface area (Å²) < 4.78 is 29.2. The third-order valence-electron chi connectivity index (χ3n) is 4.53. The van der Waals surface area contributed by atoms with E-state index >= 15 is 0 Å². The van der Waals surface area contributed by atoms with Gasteiger partial charge in [0.15, 0.2) is 0 Å². The quantitative estimate of drug-likeness (QED) is 0.807. The van der Waals surface area contributed by atoms with Crippen molar-refractivity contribution in [3.63, 3.8) is 0 Å². The number of rotatable bonds is 6. The van der Waals surface area contributed by atoms with Gasteiger partial charge in [-0.1, -0.05) is 18.2 Å². The number of nitrogens with one attached hydrogen (secondary N) is 1. The summed E-state index contributed by atoms with van der Waals surface area (Å²) in [4.78, 5) is 23.4. The summed E-state index contributed by atoms with van der Waals surface area (Å²) in [7, 11) is 0. The number of hydrogen-bond donors (Lipinski definition) is 2. The highest BCUT2D eigenvalue weighted by molar-refractivity contribution is 5.88. The number of carboxylic acid groups (broad SMARTS) is 1. The lowest BCUT2D eigenvalue weighted by Crippen LogP contribution is -2.32. The van der Waals surface area contributed by atoms with Gasteiger partial charge in [-0.2, -0.15) is 8.78 Å². The van der Waals surface area contributed by atoms with Crippen LogP contribution in [-0.2, 0) is 17.6 Å². The van der Waals surface area contributed by atoms with Crippen molar-refractivity contribution in [2.24, 2.45) is 0 Å². The van der Waals surface area contributed by atoms with Crippen molar-refractivity contribution in [2.75, 3.05) is 0 Å². The fourth-order valence-corrected chi connectivity index (χ4v) is 3.36. The molecule has 0 aromatic heterocycles. The monoisotopic (exact) mass is 375 g/mol. The molecule has 27 heavy (non-hydrogen) atoms. The van der Waals surface area contributed by atoms with Gasteiger partial charge < -0.3 is 15.2 Å². The molecule has 7 heteroatoms. The summed E-state index contributed by atoms with van der Waals surface area (Å²) in [5, 5.41) is 12.0. The van der Waals surface area contributed by atoms with Crippen LogP contribution in [0.25, 0.3) is 0 Å². The molecule has 0 radical (unpaired) electrons. The molecule has 5 nitrogen and oxygen atoms in total. The fraction of sp³-hybridized carbons (Fsp3) is 0.300. The Morgan fingerprint density at radius 1 is 1.22 bits per heavy atom. The third kappa shape index (κ3) is 4.81. The van der Waals surface area contributed by atoms with Crippen molar-refractivity contribution < 1.29 is 28.2 Å². The SMILES string of the molecule is O=C(Cc1cccc(C(=O)O)c1)NC1CCCc2cc(OC(F)F)ccc21. The van der Waals surface area contributed by atoms with Gasteiger partial charge in [-0.3, -0.25) is 4.79 Å². The number of alkyl halides is 2. The Labute approximate surface area is 155 Å². The molecule has 1 aliphatic carbocycles. The number of ether oxygens (including phenoxy) is 1. The smallest absolute Gasteiger partial charge is 0.387 e. The van der Waals surface area contributed by atoms with Gasteiger partial charge in [-0.25, -0.2) is 4.79 Å². The number of amides is 1. The van der Waals surface area contributed by atoms with E-state index in [9.17, 15) is 18.4 Å². The van der Waals surface area contributed by atoms with Crippen molar-refractivity contribution in [2.45, 2.75) is 38.3 Å². The number of carbonyl (C=O) groups excluding carboxylic acids is 1. The molecule has 2 aromatic carbocycles. The number of hydrogen-bond acceptors (Lipinski definition) is 3. The normalized spacial score (nSPS) is 15.9. The molecule has 1 unspecified atom stereocenters. The summed E-state index contributed by atoms with van der Waals surface area (Å²) in [5.41, 5.74) is 2.53. The molecule has 0 fully saturated rings. The van der Waals surface area contributed by atoms with Gasteiger partial charge in [0, 0.05) is 0 Å². The lowest BCUT2D eigenvalue weighted by molar-refractivity contribution is -0.121. The number of benzene rings is 2. The minimum absolute atomic E-state index is 0.0690. The van der Waals surface area contributed by atoms with E-state index in [1.165, 1.54) is 18.2 Å². The van der Waals surface area contributed by atoms with Gasteiger partial charge in [0.1, 0.15) is 5.75 Å². The van der Waals surface area contributed by atoms with E-state index in [4.69, 9.17) is 5.11 Å². The zero-order valence-corrected chi connectivity index (χ0v) is 14.5. The number of aryl methyl sites for hydroxylation is 1. The first-order chi connectivity index (χ1) is 12.9. The first-order valence-corrected chi connectivity index (χ1v) is 8.61. The van der Waals surface area contributed by atoms with E-state index in [0.29, 0.717) is 5.56 Å². The first kappa shape index (κ1) is 18.8. The van der Waals surface area contributed by atoms with Crippen LogP contribution in [0.15, 0.2) is 42.5 Å². The molecule has 0 bridgehead atoms. The van der Waals surface area contributed by atoms with E-state index in [-0.39, 0.29) is 29.7 Å². The van der Waals surface area contributed by atoms with Crippen LogP contribution in [0.2, 0.25) is 0 Å². The molecule has 0 saturated heterocycles. The van der Waals surface area contributed by atoms with Crippen LogP contribution in [0.5, 0.6) is 5.75 Å². The Balaban J connectivity index is 1.69. The maximum atomic E-state index is 12.4. The molecule has 0 spiro atoms. The Morgan fingerprint density at radius 2 is 2.04 bits per heavy atom. The van der Waals surface area contributed by atoms with Crippen LogP contribution in [0.1, 0.15) is 45.9 Å². The molecule has 142 valence electrons. The number of carboxylic acids is 1.